The van der Waals surface area contributed by atoms with E-state index in [0.29, 0.717) is 38.0 Å². The molecule has 1 saturated heterocycles. The Morgan fingerprint density at radius 3 is 2.07 bits per heavy atom. The first-order valence-corrected chi connectivity index (χ1v) is 14.6. The molecule has 2 aliphatic rings. The Kier molecular flexibility index (Phi) is 12.6. The Hall–Kier alpha value is -4.39. The maximum atomic E-state index is 13.2. The molecule has 2 aliphatic heterocycles. The summed E-state index contributed by atoms with van der Waals surface area (Å²) in [5.74, 6) is -2.11. The Morgan fingerprint density at radius 1 is 0.705 bits per heavy atom. The van der Waals surface area contributed by atoms with E-state index in [1.54, 1.807) is 4.90 Å². The lowest BCUT2D eigenvalue weighted by Crippen LogP contribution is -2.33. The number of amides is 4. The number of hydroxylamine groups is 2. The van der Waals surface area contributed by atoms with Gasteiger partial charge in [0.25, 0.3) is 11.8 Å². The van der Waals surface area contributed by atoms with Crippen molar-refractivity contribution in [3.63, 3.8) is 0 Å². The second-order valence-electron chi connectivity index (χ2n) is 10.1. The molecule has 0 spiro atoms. The fourth-order valence-corrected chi connectivity index (χ4v) is 4.58. The number of carbonyl (C=O) groups is 5. The molecule has 12 nitrogen and oxygen atoms in total. The molecule has 1 N–H and O–H groups in total. The lowest BCUT2D eigenvalue weighted by Gasteiger charge is -2.27. The molecule has 0 bridgehead atoms. The SMILES string of the molecule is O=C(CCC(=O)N1Cc2ccccc2/C=C\c2ccccc21)NCCOCCOCCOCCC(=O)ON1C(=O)CCC1=O. The number of para-hydroxylation sites is 1. The van der Waals surface area contributed by atoms with Crippen molar-refractivity contribution in [2.75, 3.05) is 51.1 Å². The van der Waals surface area contributed by atoms with Crippen LogP contribution in [-0.2, 0) is 49.6 Å². The number of hydrogen-bond donors (Lipinski definition) is 1. The van der Waals surface area contributed by atoms with E-state index in [-0.39, 0.29) is 63.7 Å². The zero-order chi connectivity index (χ0) is 31.1. The van der Waals surface area contributed by atoms with Crippen LogP contribution in [0.4, 0.5) is 5.69 Å². The average molecular weight is 608 g/mol. The number of benzene rings is 2. The summed E-state index contributed by atoms with van der Waals surface area (Å²) in [7, 11) is 0. The van der Waals surface area contributed by atoms with E-state index < -0.39 is 17.8 Å². The summed E-state index contributed by atoms with van der Waals surface area (Å²) in [6, 6.07) is 15.7. The smallest absolute Gasteiger partial charge is 0.335 e. The summed E-state index contributed by atoms with van der Waals surface area (Å²) in [5.41, 5.74) is 3.87. The van der Waals surface area contributed by atoms with Crippen LogP contribution in [0.3, 0.4) is 0 Å². The maximum Gasteiger partial charge on any atom is 0.335 e. The van der Waals surface area contributed by atoms with Gasteiger partial charge in [0.1, 0.15) is 0 Å². The number of anilines is 1. The second kappa shape index (κ2) is 17.0. The van der Waals surface area contributed by atoms with Crippen LogP contribution >= 0.6 is 0 Å². The van der Waals surface area contributed by atoms with Gasteiger partial charge in [-0.2, -0.15) is 0 Å². The number of ether oxygens (including phenoxy) is 3. The van der Waals surface area contributed by atoms with Crippen molar-refractivity contribution in [2.45, 2.75) is 38.6 Å². The normalized spacial score (nSPS) is 14.8. The average Bonchev–Trinajstić information content (AvgIpc) is 3.33. The molecule has 0 aliphatic carbocycles. The van der Waals surface area contributed by atoms with Gasteiger partial charge in [0, 0.05) is 32.2 Å². The Labute approximate surface area is 255 Å². The summed E-state index contributed by atoms with van der Waals surface area (Å²) < 4.78 is 16.1. The largest absolute Gasteiger partial charge is 0.378 e. The lowest BCUT2D eigenvalue weighted by atomic mass is 10.0. The van der Waals surface area contributed by atoms with Crippen LogP contribution in [0.15, 0.2) is 48.5 Å². The molecule has 1 fully saturated rings. The van der Waals surface area contributed by atoms with Crippen molar-refractivity contribution in [3.8, 4) is 0 Å². The van der Waals surface area contributed by atoms with E-state index in [1.165, 1.54) is 0 Å². The predicted molar refractivity (Wildman–Crippen MR) is 159 cm³/mol. The van der Waals surface area contributed by atoms with Gasteiger partial charge in [-0.25, -0.2) is 4.79 Å². The van der Waals surface area contributed by atoms with Gasteiger partial charge >= 0.3 is 5.97 Å². The zero-order valence-corrected chi connectivity index (χ0v) is 24.5. The van der Waals surface area contributed by atoms with Crippen LogP contribution in [0.2, 0.25) is 0 Å². The Bertz CT molecular complexity index is 1340. The molecule has 0 aromatic heterocycles. The molecular formula is C32H37N3O9. The molecule has 0 atom stereocenters. The van der Waals surface area contributed by atoms with E-state index >= 15 is 0 Å². The van der Waals surface area contributed by atoms with E-state index in [2.05, 4.69) is 11.4 Å². The molecule has 12 heteroatoms. The first kappa shape index (κ1) is 32.5. The van der Waals surface area contributed by atoms with E-state index in [4.69, 9.17) is 19.0 Å². The van der Waals surface area contributed by atoms with Crippen LogP contribution in [0.5, 0.6) is 0 Å². The van der Waals surface area contributed by atoms with Crippen molar-refractivity contribution in [1.82, 2.24) is 10.4 Å². The van der Waals surface area contributed by atoms with Crippen LogP contribution in [0.1, 0.15) is 48.8 Å². The summed E-state index contributed by atoms with van der Waals surface area (Å²) in [6.45, 7) is 2.28. The van der Waals surface area contributed by atoms with E-state index in [0.717, 1.165) is 22.4 Å². The molecule has 44 heavy (non-hydrogen) atoms. The van der Waals surface area contributed by atoms with Gasteiger partial charge in [-0.15, -0.1) is 5.06 Å². The summed E-state index contributed by atoms with van der Waals surface area (Å²) in [6.07, 6.45) is 4.22. The first-order chi connectivity index (χ1) is 21.4. The van der Waals surface area contributed by atoms with Crippen LogP contribution in [0.25, 0.3) is 12.2 Å². The van der Waals surface area contributed by atoms with Crippen LogP contribution in [0, 0.1) is 0 Å². The molecule has 2 aromatic carbocycles. The molecule has 0 saturated carbocycles. The second-order valence-corrected chi connectivity index (χ2v) is 10.1. The summed E-state index contributed by atoms with van der Waals surface area (Å²) >= 11 is 0. The number of rotatable bonds is 16. The molecule has 0 radical (unpaired) electrons. The van der Waals surface area contributed by atoms with Crippen LogP contribution in [-0.4, -0.2) is 80.8 Å². The number of nitrogens with zero attached hydrogens (tertiary/aromatic N) is 2. The van der Waals surface area contributed by atoms with Crippen molar-refractivity contribution in [2.24, 2.45) is 0 Å². The molecule has 2 aromatic rings. The number of carbonyl (C=O) groups excluding carboxylic acids is 5. The van der Waals surface area contributed by atoms with Crippen molar-refractivity contribution < 1.29 is 43.0 Å². The Balaban J connectivity index is 1.02. The highest BCUT2D eigenvalue weighted by Gasteiger charge is 2.32. The quantitative estimate of drug-likeness (QED) is 0.225. The third-order valence-corrected chi connectivity index (χ3v) is 6.88. The van der Waals surface area contributed by atoms with Gasteiger partial charge in [0.05, 0.1) is 58.3 Å². The zero-order valence-electron chi connectivity index (χ0n) is 24.5. The molecule has 0 unspecified atom stereocenters. The molecule has 234 valence electrons. The molecular weight excluding hydrogens is 570 g/mol. The van der Waals surface area contributed by atoms with Crippen molar-refractivity contribution in [3.05, 3.63) is 65.2 Å². The molecule has 2 heterocycles. The number of fused-ring (bicyclic) bond motifs is 2. The number of nitrogens with one attached hydrogen (secondary N) is 1. The van der Waals surface area contributed by atoms with E-state index in [1.807, 2.05) is 54.6 Å². The number of imide groups is 1. The van der Waals surface area contributed by atoms with Gasteiger partial charge in [-0.05, 0) is 22.8 Å². The minimum Gasteiger partial charge on any atom is -0.378 e. The Morgan fingerprint density at radius 2 is 1.32 bits per heavy atom. The fourth-order valence-electron chi connectivity index (χ4n) is 4.58. The first-order valence-electron chi connectivity index (χ1n) is 14.6. The third kappa shape index (κ3) is 9.83. The highest BCUT2D eigenvalue weighted by atomic mass is 16.7. The highest BCUT2D eigenvalue weighted by molar-refractivity contribution is 6.01. The number of hydrogen-bond acceptors (Lipinski definition) is 9. The minimum absolute atomic E-state index is 0.0461. The standard InChI is InChI=1S/C32H37N3O9/c36-28(11-12-29(37)34-23-26-7-2-1-5-24(26)9-10-25-6-3-4-8-27(25)34)33-16-18-42-20-22-43-21-19-41-17-15-32(40)44-35-30(38)13-14-31(35)39/h1-10H,11-23H2,(H,33,36)/b10-9-. The summed E-state index contributed by atoms with van der Waals surface area (Å²) in [5, 5.41) is 3.28. The van der Waals surface area contributed by atoms with Gasteiger partial charge in [-0.3, -0.25) is 19.2 Å². The minimum atomic E-state index is -0.719. The lowest BCUT2D eigenvalue weighted by molar-refractivity contribution is -0.198. The molecule has 4 amide bonds. The fraction of sp³-hybridized carbons (Fsp3) is 0.406. The van der Waals surface area contributed by atoms with Gasteiger partial charge < -0.3 is 29.3 Å². The maximum absolute atomic E-state index is 13.2. The van der Waals surface area contributed by atoms with E-state index in [9.17, 15) is 24.0 Å². The third-order valence-electron chi connectivity index (χ3n) is 6.88. The highest BCUT2D eigenvalue weighted by Crippen LogP contribution is 2.29. The van der Waals surface area contributed by atoms with Crippen LogP contribution < -0.4 is 10.2 Å². The monoisotopic (exact) mass is 607 g/mol. The molecule has 4 rings (SSSR count). The van der Waals surface area contributed by atoms with Crippen molar-refractivity contribution in [1.29, 1.82) is 0 Å². The van der Waals surface area contributed by atoms with Gasteiger partial charge in [0.15, 0.2) is 0 Å². The topological polar surface area (TPSA) is 141 Å². The summed E-state index contributed by atoms with van der Waals surface area (Å²) in [4.78, 5) is 66.6. The van der Waals surface area contributed by atoms with Crippen molar-refractivity contribution >= 4 is 47.4 Å². The predicted octanol–water partition coefficient (Wildman–Crippen LogP) is 2.65. The van der Waals surface area contributed by atoms with Gasteiger partial charge in [0.2, 0.25) is 11.8 Å². The van der Waals surface area contributed by atoms with Gasteiger partial charge in [-0.1, -0.05) is 54.6 Å².